The first-order chi connectivity index (χ1) is 7.13. The molecule has 0 amide bonds. The maximum atomic E-state index is 13.2. The number of carboxylic acid groups (broad SMARTS) is 1. The highest BCUT2D eigenvalue weighted by atomic mass is 19.1. The Morgan fingerprint density at radius 3 is 2.80 bits per heavy atom. The average Bonchev–Trinajstić information content (AvgIpc) is 2.64. The van der Waals surface area contributed by atoms with Gasteiger partial charge in [0.05, 0.1) is 0 Å². The Kier molecular flexibility index (Phi) is 2.00. The van der Waals surface area contributed by atoms with E-state index in [1.54, 1.807) is 0 Å². The Labute approximate surface area is 82.9 Å². The molecule has 0 atom stereocenters. The van der Waals surface area contributed by atoms with Crippen molar-refractivity contribution < 1.29 is 23.5 Å². The molecule has 5 heteroatoms. The van der Waals surface area contributed by atoms with Crippen LogP contribution in [0.1, 0.15) is 20.9 Å². The molecule has 1 heterocycles. The molecule has 0 fully saturated rings. The normalized spacial score (nSPS) is 10.5. The number of aromatic carboxylic acids is 1. The largest absolute Gasteiger partial charge is 0.475 e. The monoisotopic (exact) mass is 208 g/mol. The van der Waals surface area contributed by atoms with Gasteiger partial charge in [-0.15, -0.1) is 0 Å². The third-order valence-electron chi connectivity index (χ3n) is 2.01. The highest BCUT2D eigenvalue weighted by Gasteiger charge is 2.15. The van der Waals surface area contributed by atoms with Crippen molar-refractivity contribution in [2.24, 2.45) is 0 Å². The second-order valence-electron chi connectivity index (χ2n) is 2.91. The lowest BCUT2D eigenvalue weighted by Gasteiger charge is -1.93. The highest BCUT2D eigenvalue weighted by Crippen LogP contribution is 2.24. The minimum atomic E-state index is -1.30. The van der Waals surface area contributed by atoms with Crippen LogP contribution in [0.3, 0.4) is 0 Å². The molecule has 76 valence electrons. The SMILES string of the molecule is O=Cc1ccc(F)c2oc(C(=O)O)cc12. The second-order valence-corrected chi connectivity index (χ2v) is 2.91. The zero-order valence-corrected chi connectivity index (χ0v) is 7.36. The summed E-state index contributed by atoms with van der Waals surface area (Å²) in [5.41, 5.74) is -0.0142. The summed E-state index contributed by atoms with van der Waals surface area (Å²) in [5.74, 6) is -2.39. The van der Waals surface area contributed by atoms with Gasteiger partial charge in [-0.05, 0) is 12.1 Å². The second kappa shape index (κ2) is 3.20. The van der Waals surface area contributed by atoms with E-state index in [1.165, 1.54) is 6.07 Å². The molecule has 4 nitrogen and oxygen atoms in total. The van der Waals surface area contributed by atoms with Gasteiger partial charge in [-0.2, -0.15) is 0 Å². The number of carbonyl (C=O) groups is 2. The van der Waals surface area contributed by atoms with Gasteiger partial charge in [-0.1, -0.05) is 0 Å². The topological polar surface area (TPSA) is 67.5 Å². The first-order valence-corrected chi connectivity index (χ1v) is 4.04. The summed E-state index contributed by atoms with van der Waals surface area (Å²) in [6, 6.07) is 3.46. The lowest BCUT2D eigenvalue weighted by Crippen LogP contribution is -1.91. The van der Waals surface area contributed by atoms with Gasteiger partial charge in [0.2, 0.25) is 5.76 Å². The molecule has 0 radical (unpaired) electrons. The van der Waals surface area contributed by atoms with E-state index in [9.17, 15) is 14.0 Å². The quantitative estimate of drug-likeness (QED) is 0.767. The van der Waals surface area contributed by atoms with Crippen LogP contribution >= 0.6 is 0 Å². The van der Waals surface area contributed by atoms with Crippen LogP contribution in [-0.2, 0) is 0 Å². The molecule has 1 aromatic heterocycles. The number of halogens is 1. The minimum Gasteiger partial charge on any atom is -0.475 e. The summed E-state index contributed by atoms with van der Waals surface area (Å²) < 4.78 is 17.9. The number of benzene rings is 1. The lowest BCUT2D eigenvalue weighted by molar-refractivity contribution is 0.0664. The maximum Gasteiger partial charge on any atom is 0.371 e. The molecule has 0 aliphatic rings. The number of aldehydes is 1. The molecule has 0 saturated carbocycles. The third kappa shape index (κ3) is 1.38. The molecule has 1 aromatic carbocycles. The summed E-state index contributed by atoms with van der Waals surface area (Å²) in [5, 5.41) is 8.80. The number of carboxylic acids is 1. The summed E-state index contributed by atoms with van der Waals surface area (Å²) in [7, 11) is 0. The van der Waals surface area contributed by atoms with Gasteiger partial charge < -0.3 is 9.52 Å². The van der Waals surface area contributed by atoms with Crippen molar-refractivity contribution in [1.82, 2.24) is 0 Å². The van der Waals surface area contributed by atoms with Gasteiger partial charge in [-0.25, -0.2) is 9.18 Å². The smallest absolute Gasteiger partial charge is 0.371 e. The van der Waals surface area contributed by atoms with Crippen molar-refractivity contribution in [3.05, 3.63) is 35.3 Å². The fourth-order valence-electron chi connectivity index (χ4n) is 1.32. The van der Waals surface area contributed by atoms with E-state index in [4.69, 9.17) is 9.52 Å². The zero-order valence-electron chi connectivity index (χ0n) is 7.36. The molecule has 0 spiro atoms. The Bertz CT molecular complexity index is 556. The highest BCUT2D eigenvalue weighted by molar-refractivity contribution is 5.99. The number of furan rings is 1. The van der Waals surface area contributed by atoms with Gasteiger partial charge in [0, 0.05) is 17.0 Å². The van der Waals surface area contributed by atoms with Crippen molar-refractivity contribution in [3.63, 3.8) is 0 Å². The van der Waals surface area contributed by atoms with Crippen LogP contribution in [0.2, 0.25) is 0 Å². The van der Waals surface area contributed by atoms with Crippen molar-refractivity contribution in [2.75, 3.05) is 0 Å². The van der Waals surface area contributed by atoms with E-state index >= 15 is 0 Å². The molecule has 0 bridgehead atoms. The third-order valence-corrected chi connectivity index (χ3v) is 2.01. The van der Waals surface area contributed by atoms with E-state index in [-0.39, 0.29) is 16.5 Å². The molecule has 0 saturated heterocycles. The Morgan fingerprint density at radius 2 is 2.20 bits per heavy atom. The fourth-order valence-corrected chi connectivity index (χ4v) is 1.32. The molecule has 0 unspecified atom stereocenters. The maximum absolute atomic E-state index is 13.2. The van der Waals surface area contributed by atoms with E-state index in [1.807, 2.05) is 0 Å². The minimum absolute atomic E-state index is 0.169. The van der Waals surface area contributed by atoms with Crippen molar-refractivity contribution >= 4 is 23.2 Å². The van der Waals surface area contributed by atoms with Gasteiger partial charge in [0.15, 0.2) is 17.7 Å². The first-order valence-electron chi connectivity index (χ1n) is 4.04. The molecule has 0 aliphatic carbocycles. The van der Waals surface area contributed by atoms with Crippen molar-refractivity contribution in [2.45, 2.75) is 0 Å². The van der Waals surface area contributed by atoms with Gasteiger partial charge in [-0.3, -0.25) is 4.79 Å². The summed E-state index contributed by atoms with van der Waals surface area (Å²) in [4.78, 5) is 21.2. The number of hydrogen-bond donors (Lipinski definition) is 1. The molecular weight excluding hydrogens is 203 g/mol. The van der Waals surface area contributed by atoms with Gasteiger partial charge in [0.1, 0.15) is 0 Å². The van der Waals surface area contributed by atoms with Gasteiger partial charge in [0.25, 0.3) is 0 Å². The molecule has 0 aliphatic heterocycles. The predicted octanol–water partition coefficient (Wildman–Crippen LogP) is 2.08. The summed E-state index contributed by atoms with van der Waals surface area (Å²) in [6.45, 7) is 0. The van der Waals surface area contributed by atoms with Crippen LogP contribution in [0.25, 0.3) is 11.0 Å². The molecular formula is C10H5FO4. The van der Waals surface area contributed by atoms with Crippen LogP contribution < -0.4 is 0 Å². The first kappa shape index (κ1) is 9.39. The molecule has 2 rings (SSSR count). The number of carbonyl (C=O) groups excluding carboxylic acids is 1. The average molecular weight is 208 g/mol. The Morgan fingerprint density at radius 1 is 1.47 bits per heavy atom. The van der Waals surface area contributed by atoms with Crippen LogP contribution in [0, 0.1) is 5.82 Å². The van der Waals surface area contributed by atoms with Crippen LogP contribution in [0.5, 0.6) is 0 Å². The zero-order chi connectivity index (χ0) is 11.0. The Hall–Kier alpha value is -2.17. The predicted molar refractivity (Wildman–Crippen MR) is 48.5 cm³/mol. The number of rotatable bonds is 2. The number of hydrogen-bond acceptors (Lipinski definition) is 3. The van der Waals surface area contributed by atoms with E-state index in [2.05, 4.69) is 0 Å². The summed E-state index contributed by atoms with van der Waals surface area (Å²) in [6.07, 6.45) is 0.517. The lowest BCUT2D eigenvalue weighted by atomic mass is 10.1. The number of fused-ring (bicyclic) bond motifs is 1. The fraction of sp³-hybridized carbons (Fsp3) is 0. The van der Waals surface area contributed by atoms with Crippen LogP contribution in [-0.4, -0.2) is 17.4 Å². The van der Waals surface area contributed by atoms with Gasteiger partial charge >= 0.3 is 5.97 Å². The molecule has 15 heavy (non-hydrogen) atoms. The van der Waals surface area contributed by atoms with Crippen LogP contribution in [0.4, 0.5) is 4.39 Å². The molecule has 1 N–H and O–H groups in total. The van der Waals surface area contributed by atoms with Crippen molar-refractivity contribution in [1.29, 1.82) is 0 Å². The van der Waals surface area contributed by atoms with E-state index in [0.717, 1.165) is 12.1 Å². The standard InChI is InChI=1S/C10H5FO4/c11-7-2-1-5(4-12)6-3-8(10(13)14)15-9(6)7/h1-4H,(H,13,14). The van der Waals surface area contributed by atoms with E-state index in [0.29, 0.717) is 6.29 Å². The van der Waals surface area contributed by atoms with Crippen LogP contribution in [0.15, 0.2) is 22.6 Å². The summed E-state index contributed by atoms with van der Waals surface area (Å²) >= 11 is 0. The Balaban J connectivity index is 2.83. The molecule has 2 aromatic rings. The van der Waals surface area contributed by atoms with E-state index < -0.39 is 17.5 Å². The van der Waals surface area contributed by atoms with Crippen molar-refractivity contribution in [3.8, 4) is 0 Å².